The van der Waals surface area contributed by atoms with E-state index >= 15 is 0 Å². The van der Waals surface area contributed by atoms with E-state index < -0.39 is 5.60 Å². The van der Waals surface area contributed by atoms with Crippen molar-refractivity contribution in [3.63, 3.8) is 0 Å². The van der Waals surface area contributed by atoms with Gasteiger partial charge in [-0.25, -0.2) is 0 Å². The molecule has 1 fully saturated rings. The monoisotopic (exact) mass is 337 g/mol. The highest BCUT2D eigenvalue weighted by Gasteiger charge is 2.38. The molecular formula is C18H27NO5. The lowest BCUT2D eigenvalue weighted by molar-refractivity contribution is -0.166. The van der Waals surface area contributed by atoms with Crippen LogP contribution in [-0.4, -0.2) is 50.4 Å². The first kappa shape index (κ1) is 18.4. The summed E-state index contributed by atoms with van der Waals surface area (Å²) in [7, 11) is 4.82. The van der Waals surface area contributed by atoms with Crippen LogP contribution < -0.4 is 14.2 Å². The zero-order valence-corrected chi connectivity index (χ0v) is 15.3. The predicted molar refractivity (Wildman–Crippen MR) is 90.8 cm³/mol. The van der Waals surface area contributed by atoms with Gasteiger partial charge in [-0.05, 0) is 27.2 Å². The van der Waals surface area contributed by atoms with Crippen LogP contribution in [0.3, 0.4) is 0 Å². The number of hydrogen-bond acceptors (Lipinski definition) is 6. The van der Waals surface area contributed by atoms with Gasteiger partial charge in [0, 0.05) is 25.2 Å². The van der Waals surface area contributed by atoms with Crippen molar-refractivity contribution in [2.24, 2.45) is 0 Å². The molecule has 1 heterocycles. The molecule has 0 spiro atoms. The summed E-state index contributed by atoms with van der Waals surface area (Å²) in [5.74, 6) is 1.85. The van der Waals surface area contributed by atoms with E-state index in [1.807, 2.05) is 32.9 Å². The molecule has 2 rings (SSSR count). The number of hydrogen-bond donors (Lipinski definition) is 0. The van der Waals surface area contributed by atoms with E-state index in [-0.39, 0.29) is 12.0 Å². The molecule has 1 atom stereocenters. The van der Waals surface area contributed by atoms with Crippen LogP contribution in [0.1, 0.15) is 32.8 Å². The van der Waals surface area contributed by atoms with Gasteiger partial charge in [0.25, 0.3) is 0 Å². The number of nitrogens with zero attached hydrogens (tertiary/aromatic N) is 1. The lowest BCUT2D eigenvalue weighted by atomic mass is 10.0. The minimum absolute atomic E-state index is 0.180. The zero-order valence-electron chi connectivity index (χ0n) is 15.3. The molecule has 24 heavy (non-hydrogen) atoms. The van der Waals surface area contributed by atoms with Gasteiger partial charge in [-0.1, -0.05) is 0 Å². The highest BCUT2D eigenvalue weighted by molar-refractivity contribution is 5.77. The summed E-state index contributed by atoms with van der Waals surface area (Å²) < 4.78 is 21.7. The Morgan fingerprint density at radius 1 is 1.12 bits per heavy atom. The van der Waals surface area contributed by atoms with Gasteiger partial charge in [-0.15, -0.1) is 0 Å². The summed E-state index contributed by atoms with van der Waals surface area (Å²) in [5, 5.41) is 0. The van der Waals surface area contributed by atoms with Crippen LogP contribution in [0.15, 0.2) is 12.1 Å². The Kier molecular flexibility index (Phi) is 5.59. The minimum atomic E-state index is -0.478. The molecule has 1 aliphatic heterocycles. The molecule has 6 nitrogen and oxygen atoms in total. The van der Waals surface area contributed by atoms with E-state index in [0.717, 1.165) is 18.5 Å². The molecule has 0 N–H and O–H groups in total. The summed E-state index contributed by atoms with van der Waals surface area (Å²) >= 11 is 0. The van der Waals surface area contributed by atoms with Gasteiger partial charge in [0.05, 0.1) is 26.9 Å². The summed E-state index contributed by atoms with van der Waals surface area (Å²) in [5.41, 5.74) is 0.419. The van der Waals surface area contributed by atoms with E-state index in [2.05, 4.69) is 4.90 Å². The van der Waals surface area contributed by atoms with Crippen molar-refractivity contribution < 1.29 is 23.7 Å². The van der Waals surface area contributed by atoms with Crippen LogP contribution in [0.25, 0.3) is 0 Å². The Balaban J connectivity index is 2.17. The van der Waals surface area contributed by atoms with Crippen LogP contribution in [0.5, 0.6) is 17.2 Å². The molecule has 1 aromatic carbocycles. The molecule has 6 heteroatoms. The van der Waals surface area contributed by atoms with Crippen molar-refractivity contribution in [1.82, 2.24) is 4.90 Å². The number of methoxy groups -OCH3 is 3. The Bertz CT molecular complexity index is 569. The van der Waals surface area contributed by atoms with Gasteiger partial charge >= 0.3 is 5.97 Å². The number of rotatable bonds is 6. The molecule has 1 unspecified atom stereocenters. The SMILES string of the molecule is COc1cc(OC)c(CN2CCC2C(=O)OC(C)(C)C)c(OC)c1. The topological polar surface area (TPSA) is 57.2 Å². The Morgan fingerprint density at radius 3 is 2.08 bits per heavy atom. The van der Waals surface area contributed by atoms with Crippen LogP contribution in [0, 0.1) is 0 Å². The van der Waals surface area contributed by atoms with Crippen LogP contribution in [0.2, 0.25) is 0 Å². The van der Waals surface area contributed by atoms with Crippen molar-refractivity contribution in [3.8, 4) is 17.2 Å². The smallest absolute Gasteiger partial charge is 0.323 e. The first-order valence-electron chi connectivity index (χ1n) is 8.05. The number of carbonyl (C=O) groups excluding carboxylic acids is 1. The second-order valence-electron chi connectivity index (χ2n) is 6.82. The third-order valence-corrected chi connectivity index (χ3v) is 3.99. The molecule has 0 amide bonds. The molecule has 0 saturated carbocycles. The van der Waals surface area contributed by atoms with Crippen molar-refractivity contribution in [1.29, 1.82) is 0 Å². The molecule has 0 bridgehead atoms. The maximum absolute atomic E-state index is 12.3. The molecule has 1 aromatic rings. The van der Waals surface area contributed by atoms with Crippen LogP contribution in [0.4, 0.5) is 0 Å². The maximum atomic E-state index is 12.3. The average molecular weight is 337 g/mol. The molecule has 1 aliphatic rings. The molecule has 0 aliphatic carbocycles. The standard InChI is InChI=1S/C18H27NO5/c1-18(2,3)24-17(20)14-7-8-19(14)11-13-15(22-5)9-12(21-4)10-16(13)23-6/h9-10,14H,7-8,11H2,1-6H3. The Labute approximate surface area is 143 Å². The molecule has 1 saturated heterocycles. The van der Waals surface area contributed by atoms with Crippen molar-refractivity contribution in [3.05, 3.63) is 17.7 Å². The zero-order chi connectivity index (χ0) is 17.9. The van der Waals surface area contributed by atoms with Gasteiger partial charge < -0.3 is 18.9 Å². The second-order valence-corrected chi connectivity index (χ2v) is 6.82. The van der Waals surface area contributed by atoms with Crippen molar-refractivity contribution in [2.45, 2.75) is 45.4 Å². The van der Waals surface area contributed by atoms with Crippen LogP contribution in [-0.2, 0) is 16.1 Å². The number of ether oxygens (including phenoxy) is 4. The van der Waals surface area contributed by atoms with Gasteiger partial charge in [0.15, 0.2) is 0 Å². The van der Waals surface area contributed by atoms with E-state index in [9.17, 15) is 4.79 Å². The van der Waals surface area contributed by atoms with E-state index in [1.165, 1.54) is 0 Å². The number of benzene rings is 1. The highest BCUT2D eigenvalue weighted by Crippen LogP contribution is 2.36. The quantitative estimate of drug-likeness (QED) is 0.744. The normalized spacial score (nSPS) is 17.8. The lowest BCUT2D eigenvalue weighted by Gasteiger charge is -2.40. The largest absolute Gasteiger partial charge is 0.496 e. The summed E-state index contributed by atoms with van der Waals surface area (Å²) in [6.07, 6.45) is 0.801. The van der Waals surface area contributed by atoms with E-state index in [1.54, 1.807) is 21.3 Å². The Hall–Kier alpha value is -1.95. The number of esters is 1. The first-order chi connectivity index (χ1) is 11.3. The molecule has 0 aromatic heterocycles. The second kappa shape index (κ2) is 7.30. The van der Waals surface area contributed by atoms with Crippen molar-refractivity contribution in [2.75, 3.05) is 27.9 Å². The maximum Gasteiger partial charge on any atom is 0.323 e. The highest BCUT2D eigenvalue weighted by atomic mass is 16.6. The molecule has 0 radical (unpaired) electrons. The summed E-state index contributed by atoms with van der Waals surface area (Å²) in [6, 6.07) is 3.42. The van der Waals surface area contributed by atoms with Gasteiger partial charge in [0.2, 0.25) is 0 Å². The number of carbonyl (C=O) groups is 1. The number of likely N-dealkylation sites (tertiary alicyclic amines) is 1. The van der Waals surface area contributed by atoms with Gasteiger partial charge in [-0.2, -0.15) is 0 Å². The molecular weight excluding hydrogens is 310 g/mol. The predicted octanol–water partition coefficient (Wildman–Crippen LogP) is 2.63. The summed E-state index contributed by atoms with van der Waals surface area (Å²) in [4.78, 5) is 14.4. The Morgan fingerprint density at radius 2 is 1.71 bits per heavy atom. The first-order valence-corrected chi connectivity index (χ1v) is 8.05. The fourth-order valence-electron chi connectivity index (χ4n) is 2.70. The lowest BCUT2D eigenvalue weighted by Crippen LogP contribution is -2.53. The van der Waals surface area contributed by atoms with Crippen LogP contribution >= 0.6 is 0 Å². The fraction of sp³-hybridized carbons (Fsp3) is 0.611. The fourth-order valence-corrected chi connectivity index (χ4v) is 2.70. The summed E-state index contributed by atoms with van der Waals surface area (Å²) in [6.45, 7) is 7.03. The van der Waals surface area contributed by atoms with E-state index in [4.69, 9.17) is 18.9 Å². The third-order valence-electron chi connectivity index (χ3n) is 3.99. The third kappa shape index (κ3) is 4.12. The van der Waals surface area contributed by atoms with Gasteiger partial charge in [0.1, 0.15) is 28.9 Å². The average Bonchev–Trinajstić information content (AvgIpc) is 2.48. The molecule has 134 valence electrons. The van der Waals surface area contributed by atoms with Gasteiger partial charge in [-0.3, -0.25) is 9.69 Å². The minimum Gasteiger partial charge on any atom is -0.496 e. The van der Waals surface area contributed by atoms with Crippen molar-refractivity contribution >= 4 is 5.97 Å². The van der Waals surface area contributed by atoms with E-state index in [0.29, 0.717) is 23.8 Å².